The van der Waals surface area contributed by atoms with Gasteiger partial charge in [0, 0.05) is 12.6 Å². The molecule has 1 aliphatic heterocycles. The highest BCUT2D eigenvalue weighted by molar-refractivity contribution is 6.42. The molecular formula is C15H15Cl2NO3. The Kier molecular flexibility index (Phi) is 5.26. The summed E-state index contributed by atoms with van der Waals surface area (Å²) in [6, 6.07) is 4.70. The van der Waals surface area contributed by atoms with E-state index < -0.39 is 6.04 Å². The Morgan fingerprint density at radius 3 is 2.86 bits per heavy atom. The molecule has 2 rings (SSSR count). The zero-order chi connectivity index (χ0) is 15.4. The lowest BCUT2D eigenvalue weighted by Crippen LogP contribution is -2.40. The van der Waals surface area contributed by atoms with Gasteiger partial charge in [-0.05, 0) is 30.5 Å². The van der Waals surface area contributed by atoms with Crippen molar-refractivity contribution in [3.8, 4) is 0 Å². The van der Waals surface area contributed by atoms with Crippen molar-refractivity contribution in [2.45, 2.75) is 18.9 Å². The second kappa shape index (κ2) is 6.96. The van der Waals surface area contributed by atoms with Crippen LogP contribution in [0, 0.1) is 0 Å². The number of hydrogen-bond acceptors (Lipinski definition) is 3. The monoisotopic (exact) mass is 327 g/mol. The van der Waals surface area contributed by atoms with E-state index in [-0.39, 0.29) is 11.9 Å². The summed E-state index contributed by atoms with van der Waals surface area (Å²) in [5.41, 5.74) is 0.659. The molecule has 1 atom stereocenters. The molecular weight excluding hydrogens is 313 g/mol. The third kappa shape index (κ3) is 3.57. The van der Waals surface area contributed by atoms with Gasteiger partial charge in [-0.3, -0.25) is 4.79 Å². The number of hydrogen-bond donors (Lipinski definition) is 0. The zero-order valence-corrected chi connectivity index (χ0v) is 13.0. The summed E-state index contributed by atoms with van der Waals surface area (Å²) in [5.74, 6) is -0.617. The van der Waals surface area contributed by atoms with E-state index in [1.807, 2.05) is 0 Å². The second-order valence-corrected chi connectivity index (χ2v) is 5.47. The van der Waals surface area contributed by atoms with Crippen LogP contribution in [-0.4, -0.2) is 36.5 Å². The van der Waals surface area contributed by atoms with E-state index in [0.29, 0.717) is 28.6 Å². The third-order valence-electron chi connectivity index (χ3n) is 3.40. The van der Waals surface area contributed by atoms with Crippen LogP contribution < -0.4 is 0 Å². The number of nitrogens with zero attached hydrogens (tertiary/aromatic N) is 1. The zero-order valence-electron chi connectivity index (χ0n) is 11.5. The molecule has 1 saturated heterocycles. The van der Waals surface area contributed by atoms with Crippen LogP contribution in [-0.2, 0) is 14.3 Å². The highest BCUT2D eigenvalue weighted by Gasteiger charge is 2.33. The first-order valence-corrected chi connectivity index (χ1v) is 7.30. The number of amides is 1. The lowest BCUT2D eigenvalue weighted by Gasteiger charge is -2.20. The Bertz CT molecular complexity index is 586. The van der Waals surface area contributed by atoms with Crippen molar-refractivity contribution in [3.63, 3.8) is 0 Å². The fourth-order valence-corrected chi connectivity index (χ4v) is 2.69. The summed E-state index contributed by atoms with van der Waals surface area (Å²) in [4.78, 5) is 25.3. The fourth-order valence-electron chi connectivity index (χ4n) is 2.32. The summed E-state index contributed by atoms with van der Waals surface area (Å²) in [7, 11) is 1.32. The van der Waals surface area contributed by atoms with Gasteiger partial charge in [0.2, 0.25) is 5.91 Å². The number of methoxy groups -OCH3 is 1. The molecule has 0 bridgehead atoms. The predicted molar refractivity (Wildman–Crippen MR) is 82.2 cm³/mol. The fraction of sp³-hybridized carbons (Fsp3) is 0.333. The van der Waals surface area contributed by atoms with Crippen LogP contribution >= 0.6 is 23.2 Å². The SMILES string of the molecule is COC(=O)[C@@H]1CCCN1C(=O)/C=C\c1cccc(Cl)c1Cl. The van der Waals surface area contributed by atoms with Gasteiger partial charge in [-0.15, -0.1) is 0 Å². The van der Waals surface area contributed by atoms with Crippen LogP contribution in [0.4, 0.5) is 0 Å². The maximum Gasteiger partial charge on any atom is 0.328 e. The minimum absolute atomic E-state index is 0.237. The van der Waals surface area contributed by atoms with Crippen LogP contribution in [0.15, 0.2) is 24.3 Å². The highest BCUT2D eigenvalue weighted by atomic mass is 35.5. The van der Waals surface area contributed by atoms with Gasteiger partial charge in [-0.2, -0.15) is 0 Å². The van der Waals surface area contributed by atoms with Crippen molar-refractivity contribution >= 4 is 41.2 Å². The van der Waals surface area contributed by atoms with Crippen molar-refractivity contribution in [1.29, 1.82) is 0 Å². The molecule has 0 saturated carbocycles. The Hall–Kier alpha value is -1.52. The second-order valence-electron chi connectivity index (χ2n) is 4.69. The van der Waals surface area contributed by atoms with Gasteiger partial charge in [0.25, 0.3) is 0 Å². The summed E-state index contributed by atoms with van der Waals surface area (Å²) in [6.45, 7) is 0.548. The largest absolute Gasteiger partial charge is 0.467 e. The molecule has 0 N–H and O–H groups in total. The smallest absolute Gasteiger partial charge is 0.328 e. The third-order valence-corrected chi connectivity index (χ3v) is 4.23. The molecule has 1 aromatic rings. The summed E-state index contributed by atoms with van der Waals surface area (Å²) >= 11 is 12.0. The molecule has 21 heavy (non-hydrogen) atoms. The number of ether oxygens (including phenoxy) is 1. The molecule has 0 unspecified atom stereocenters. The van der Waals surface area contributed by atoms with Gasteiger partial charge in [0.15, 0.2) is 0 Å². The normalized spacial score (nSPS) is 18.2. The molecule has 1 fully saturated rings. The topological polar surface area (TPSA) is 46.6 Å². The number of carbonyl (C=O) groups excluding carboxylic acids is 2. The summed E-state index contributed by atoms with van der Waals surface area (Å²) < 4.78 is 4.72. The molecule has 0 spiro atoms. The van der Waals surface area contributed by atoms with Gasteiger partial charge in [0.05, 0.1) is 17.2 Å². The Labute approximate surface area is 133 Å². The summed E-state index contributed by atoms with van der Waals surface area (Å²) in [6.07, 6.45) is 4.42. The van der Waals surface area contributed by atoms with E-state index in [2.05, 4.69) is 0 Å². The first-order chi connectivity index (χ1) is 10.0. The van der Waals surface area contributed by atoms with Crippen molar-refractivity contribution in [3.05, 3.63) is 39.9 Å². The van der Waals surface area contributed by atoms with E-state index in [1.54, 1.807) is 24.3 Å². The Morgan fingerprint density at radius 2 is 2.14 bits per heavy atom. The molecule has 1 aromatic carbocycles. The molecule has 6 heteroatoms. The Morgan fingerprint density at radius 1 is 1.38 bits per heavy atom. The number of benzene rings is 1. The van der Waals surface area contributed by atoms with Gasteiger partial charge < -0.3 is 9.64 Å². The van der Waals surface area contributed by atoms with Gasteiger partial charge >= 0.3 is 5.97 Å². The average molecular weight is 328 g/mol. The predicted octanol–water partition coefficient (Wildman–Crippen LogP) is 3.17. The quantitative estimate of drug-likeness (QED) is 0.632. The molecule has 1 aliphatic rings. The minimum atomic E-state index is -0.498. The van der Waals surface area contributed by atoms with Crippen LogP contribution in [0.25, 0.3) is 6.08 Å². The Balaban J connectivity index is 2.12. The van der Waals surface area contributed by atoms with E-state index in [1.165, 1.54) is 18.1 Å². The number of likely N-dealkylation sites (tertiary alicyclic amines) is 1. The van der Waals surface area contributed by atoms with Crippen LogP contribution in [0.2, 0.25) is 10.0 Å². The molecule has 0 radical (unpaired) electrons. The molecule has 0 aromatic heterocycles. The van der Waals surface area contributed by atoms with Gasteiger partial charge in [-0.1, -0.05) is 35.3 Å². The molecule has 1 heterocycles. The van der Waals surface area contributed by atoms with Crippen molar-refractivity contribution in [1.82, 2.24) is 4.90 Å². The van der Waals surface area contributed by atoms with Crippen molar-refractivity contribution < 1.29 is 14.3 Å². The van der Waals surface area contributed by atoms with E-state index in [0.717, 1.165) is 6.42 Å². The van der Waals surface area contributed by atoms with E-state index >= 15 is 0 Å². The highest BCUT2D eigenvalue weighted by Crippen LogP contribution is 2.26. The lowest BCUT2D eigenvalue weighted by atomic mass is 10.2. The van der Waals surface area contributed by atoms with Crippen molar-refractivity contribution in [2.75, 3.05) is 13.7 Å². The van der Waals surface area contributed by atoms with Crippen LogP contribution in [0.3, 0.4) is 0 Å². The number of esters is 1. The van der Waals surface area contributed by atoms with Crippen molar-refractivity contribution in [2.24, 2.45) is 0 Å². The maximum atomic E-state index is 12.2. The first kappa shape index (κ1) is 15.9. The van der Waals surface area contributed by atoms with Gasteiger partial charge in [-0.25, -0.2) is 4.79 Å². The molecule has 112 valence electrons. The molecule has 4 nitrogen and oxygen atoms in total. The van der Waals surface area contributed by atoms with Gasteiger partial charge in [0.1, 0.15) is 6.04 Å². The maximum absolute atomic E-state index is 12.2. The van der Waals surface area contributed by atoms with E-state index in [9.17, 15) is 9.59 Å². The average Bonchev–Trinajstić information content (AvgIpc) is 2.97. The first-order valence-electron chi connectivity index (χ1n) is 6.55. The number of halogens is 2. The lowest BCUT2D eigenvalue weighted by molar-refractivity contribution is -0.149. The van der Waals surface area contributed by atoms with Crippen LogP contribution in [0.1, 0.15) is 18.4 Å². The van der Waals surface area contributed by atoms with Crippen LogP contribution in [0.5, 0.6) is 0 Å². The molecule has 0 aliphatic carbocycles. The number of rotatable bonds is 3. The summed E-state index contributed by atoms with van der Waals surface area (Å²) in [5, 5.41) is 0.828. The minimum Gasteiger partial charge on any atom is -0.467 e. The molecule has 1 amide bonds. The van der Waals surface area contributed by atoms with E-state index in [4.69, 9.17) is 27.9 Å². The number of carbonyl (C=O) groups is 2. The standard InChI is InChI=1S/C15H15Cl2NO3/c1-21-15(20)12-6-3-9-18(12)13(19)8-7-10-4-2-5-11(16)14(10)17/h2,4-5,7-8,12H,3,6,9H2,1H3/b8-7-/t12-/m0/s1.